The van der Waals surface area contributed by atoms with Gasteiger partial charge >= 0.3 is 0 Å². The molecule has 2 heterocycles. The monoisotopic (exact) mass is 299 g/mol. The molecular weight excluding hydrogens is 270 g/mol. The van der Waals surface area contributed by atoms with Gasteiger partial charge in [0.25, 0.3) is 0 Å². The van der Waals surface area contributed by atoms with Gasteiger partial charge in [0, 0.05) is 45.8 Å². The number of rotatable bonds is 5. The van der Waals surface area contributed by atoms with Crippen molar-refractivity contribution in [2.24, 2.45) is 0 Å². The van der Waals surface area contributed by atoms with Crippen molar-refractivity contribution in [1.82, 2.24) is 14.7 Å². The second-order valence-electron chi connectivity index (χ2n) is 6.67. The van der Waals surface area contributed by atoms with Gasteiger partial charge in [-0.15, -0.1) is 0 Å². The molecule has 0 aromatic heterocycles. The fraction of sp³-hybridized carbons (Fsp3) is 0.933. The highest BCUT2D eigenvalue weighted by Gasteiger charge is 2.24. The maximum Gasteiger partial charge on any atom is 0.236 e. The van der Waals surface area contributed by atoms with Crippen LogP contribution in [-0.4, -0.2) is 96.9 Å². The minimum Gasteiger partial charge on any atom is -0.390 e. The quantitative estimate of drug-likeness (QED) is 0.750. The zero-order valence-electron chi connectivity index (χ0n) is 13.4. The fourth-order valence-electron chi connectivity index (χ4n) is 2.70. The highest BCUT2D eigenvalue weighted by atomic mass is 16.5. The van der Waals surface area contributed by atoms with Gasteiger partial charge in [0.1, 0.15) is 0 Å². The van der Waals surface area contributed by atoms with Crippen molar-refractivity contribution < 1.29 is 14.6 Å². The minimum atomic E-state index is -0.608. The summed E-state index contributed by atoms with van der Waals surface area (Å²) in [6.45, 7) is 11.7. The Morgan fingerprint density at radius 2 is 1.67 bits per heavy atom. The Hall–Kier alpha value is -0.690. The average Bonchev–Trinajstić information content (AvgIpc) is 2.46. The highest BCUT2D eigenvalue weighted by molar-refractivity contribution is 5.78. The van der Waals surface area contributed by atoms with E-state index in [-0.39, 0.29) is 5.91 Å². The molecule has 21 heavy (non-hydrogen) atoms. The van der Waals surface area contributed by atoms with Crippen molar-refractivity contribution in [1.29, 1.82) is 0 Å². The normalized spacial score (nSPS) is 22.5. The van der Waals surface area contributed by atoms with Crippen LogP contribution in [0.3, 0.4) is 0 Å². The van der Waals surface area contributed by atoms with Crippen molar-refractivity contribution in [3.05, 3.63) is 0 Å². The van der Waals surface area contributed by atoms with E-state index in [9.17, 15) is 9.90 Å². The SMILES string of the molecule is CC(C)(O)CCN1CCN(C(=O)CN2CCOCC2)CC1. The van der Waals surface area contributed by atoms with Crippen LogP contribution >= 0.6 is 0 Å². The maximum atomic E-state index is 12.3. The number of amides is 1. The third kappa shape index (κ3) is 5.90. The summed E-state index contributed by atoms with van der Waals surface area (Å²) in [7, 11) is 0. The Bertz CT molecular complexity index is 330. The van der Waals surface area contributed by atoms with E-state index in [0.717, 1.165) is 65.4 Å². The first kappa shape index (κ1) is 16.7. The number of aliphatic hydroxyl groups is 1. The molecule has 6 nitrogen and oxygen atoms in total. The van der Waals surface area contributed by atoms with Crippen LogP contribution in [0, 0.1) is 0 Å². The van der Waals surface area contributed by atoms with Gasteiger partial charge in [-0.05, 0) is 20.3 Å². The summed E-state index contributed by atoms with van der Waals surface area (Å²) in [5.41, 5.74) is -0.608. The molecule has 2 aliphatic rings. The Balaban J connectivity index is 1.66. The number of piperazine rings is 1. The molecule has 6 heteroatoms. The second-order valence-corrected chi connectivity index (χ2v) is 6.67. The van der Waals surface area contributed by atoms with E-state index in [2.05, 4.69) is 9.80 Å². The van der Waals surface area contributed by atoms with Crippen molar-refractivity contribution in [2.75, 3.05) is 65.6 Å². The summed E-state index contributed by atoms with van der Waals surface area (Å²) in [5, 5.41) is 9.76. The first-order valence-corrected chi connectivity index (χ1v) is 7.97. The number of ether oxygens (including phenoxy) is 1. The van der Waals surface area contributed by atoms with E-state index in [4.69, 9.17) is 4.74 Å². The third-order valence-electron chi connectivity index (χ3n) is 4.23. The van der Waals surface area contributed by atoms with Gasteiger partial charge in [0.2, 0.25) is 5.91 Å². The van der Waals surface area contributed by atoms with Crippen LogP contribution in [0.2, 0.25) is 0 Å². The van der Waals surface area contributed by atoms with Crippen LogP contribution in [0.25, 0.3) is 0 Å². The lowest BCUT2D eigenvalue weighted by molar-refractivity contribution is -0.135. The molecule has 2 fully saturated rings. The zero-order valence-corrected chi connectivity index (χ0v) is 13.4. The van der Waals surface area contributed by atoms with Gasteiger partial charge in [0.05, 0.1) is 25.4 Å². The van der Waals surface area contributed by atoms with Gasteiger partial charge < -0.3 is 14.7 Å². The molecule has 0 saturated carbocycles. The molecule has 0 radical (unpaired) electrons. The number of hydrogen-bond acceptors (Lipinski definition) is 5. The Morgan fingerprint density at radius 3 is 2.24 bits per heavy atom. The number of nitrogens with zero attached hydrogens (tertiary/aromatic N) is 3. The molecule has 0 aliphatic carbocycles. The van der Waals surface area contributed by atoms with Crippen molar-refractivity contribution in [2.45, 2.75) is 25.9 Å². The van der Waals surface area contributed by atoms with Crippen molar-refractivity contribution in [3.8, 4) is 0 Å². The van der Waals surface area contributed by atoms with Gasteiger partial charge in [-0.3, -0.25) is 14.6 Å². The van der Waals surface area contributed by atoms with E-state index in [1.165, 1.54) is 0 Å². The van der Waals surface area contributed by atoms with Crippen LogP contribution < -0.4 is 0 Å². The van der Waals surface area contributed by atoms with E-state index >= 15 is 0 Å². The topological polar surface area (TPSA) is 56.2 Å². The van der Waals surface area contributed by atoms with Crippen molar-refractivity contribution >= 4 is 5.91 Å². The van der Waals surface area contributed by atoms with Crippen LogP contribution in [0.15, 0.2) is 0 Å². The van der Waals surface area contributed by atoms with Crippen LogP contribution in [0.4, 0.5) is 0 Å². The van der Waals surface area contributed by atoms with E-state index < -0.39 is 5.60 Å². The Morgan fingerprint density at radius 1 is 1.05 bits per heavy atom. The molecular formula is C15H29N3O3. The molecule has 0 spiro atoms. The number of hydrogen-bond donors (Lipinski definition) is 1. The fourth-order valence-corrected chi connectivity index (χ4v) is 2.70. The largest absolute Gasteiger partial charge is 0.390 e. The van der Waals surface area contributed by atoms with E-state index in [1.54, 1.807) is 0 Å². The molecule has 2 saturated heterocycles. The summed E-state index contributed by atoms with van der Waals surface area (Å²) >= 11 is 0. The van der Waals surface area contributed by atoms with Crippen LogP contribution in [0.5, 0.6) is 0 Å². The highest BCUT2D eigenvalue weighted by Crippen LogP contribution is 2.10. The van der Waals surface area contributed by atoms with Crippen molar-refractivity contribution in [3.63, 3.8) is 0 Å². The van der Waals surface area contributed by atoms with Gasteiger partial charge in [-0.1, -0.05) is 0 Å². The number of carbonyl (C=O) groups excluding carboxylic acids is 1. The molecule has 0 unspecified atom stereocenters. The molecule has 0 bridgehead atoms. The van der Waals surface area contributed by atoms with Gasteiger partial charge in [-0.2, -0.15) is 0 Å². The average molecular weight is 299 g/mol. The summed E-state index contributed by atoms with van der Waals surface area (Å²) in [4.78, 5) is 18.7. The maximum absolute atomic E-state index is 12.3. The number of carbonyl (C=O) groups is 1. The minimum absolute atomic E-state index is 0.235. The van der Waals surface area contributed by atoms with Crippen LogP contribution in [-0.2, 0) is 9.53 Å². The standard InChI is InChI=1S/C15H29N3O3/c1-15(2,20)3-4-16-5-7-18(8-6-16)14(19)13-17-9-11-21-12-10-17/h20H,3-13H2,1-2H3. The molecule has 122 valence electrons. The molecule has 0 aromatic rings. The second kappa shape index (κ2) is 7.54. The smallest absolute Gasteiger partial charge is 0.236 e. The first-order chi connectivity index (χ1) is 9.94. The van der Waals surface area contributed by atoms with E-state index in [0.29, 0.717) is 6.54 Å². The molecule has 0 aromatic carbocycles. The van der Waals surface area contributed by atoms with E-state index in [1.807, 2.05) is 18.7 Å². The number of morpholine rings is 1. The lowest BCUT2D eigenvalue weighted by atomic mass is 10.1. The summed E-state index contributed by atoms with van der Waals surface area (Å²) < 4.78 is 5.30. The third-order valence-corrected chi connectivity index (χ3v) is 4.23. The molecule has 2 rings (SSSR count). The van der Waals surface area contributed by atoms with Gasteiger partial charge in [-0.25, -0.2) is 0 Å². The first-order valence-electron chi connectivity index (χ1n) is 7.97. The predicted molar refractivity (Wildman–Crippen MR) is 81.2 cm³/mol. The lowest BCUT2D eigenvalue weighted by Crippen LogP contribution is -2.52. The molecule has 0 atom stereocenters. The summed E-state index contributed by atoms with van der Waals surface area (Å²) in [5.74, 6) is 0.235. The summed E-state index contributed by atoms with van der Waals surface area (Å²) in [6.07, 6.45) is 0.773. The molecule has 1 N–H and O–H groups in total. The zero-order chi connectivity index (χ0) is 15.3. The predicted octanol–water partition coefficient (Wildman–Crippen LogP) is -0.376. The van der Waals surface area contributed by atoms with Gasteiger partial charge in [0.15, 0.2) is 0 Å². The Kier molecular flexibility index (Phi) is 5.98. The van der Waals surface area contributed by atoms with Crippen LogP contribution in [0.1, 0.15) is 20.3 Å². The molecule has 1 amide bonds. The Labute approximate surface area is 127 Å². The lowest BCUT2D eigenvalue weighted by Gasteiger charge is -2.37. The molecule has 2 aliphatic heterocycles. The summed E-state index contributed by atoms with van der Waals surface area (Å²) in [6, 6.07) is 0.